The second-order valence-electron chi connectivity index (χ2n) is 6.37. The van der Waals surface area contributed by atoms with Crippen molar-refractivity contribution in [3.8, 4) is 33.8 Å². The minimum absolute atomic E-state index is 0.0118. The Morgan fingerprint density at radius 1 is 0.828 bits per heavy atom. The summed E-state index contributed by atoms with van der Waals surface area (Å²) in [6.45, 7) is -0.0118. The van der Waals surface area contributed by atoms with Gasteiger partial charge < -0.3 is 9.47 Å². The van der Waals surface area contributed by atoms with Gasteiger partial charge in [0.25, 0.3) is 0 Å². The summed E-state index contributed by atoms with van der Waals surface area (Å²) in [6.07, 6.45) is -4.46. The molecule has 0 fully saturated rings. The number of primary sulfonamides is 1. The van der Waals surface area contributed by atoms with Crippen molar-refractivity contribution in [3.05, 3.63) is 66.2 Å². The molecule has 0 spiro atoms. The van der Waals surface area contributed by atoms with Crippen molar-refractivity contribution in [1.29, 1.82) is 0 Å². The average molecular weight is 421 g/mol. The topological polar surface area (TPSA) is 78.6 Å². The van der Waals surface area contributed by atoms with Gasteiger partial charge in [0, 0.05) is 5.56 Å². The van der Waals surface area contributed by atoms with Gasteiger partial charge in [0.2, 0.25) is 16.8 Å². The summed E-state index contributed by atoms with van der Waals surface area (Å²) in [5, 5.41) is 5.36. The van der Waals surface area contributed by atoms with E-state index >= 15 is 0 Å². The van der Waals surface area contributed by atoms with Gasteiger partial charge in [-0.05, 0) is 47.0 Å². The SMILES string of the molecule is NS(=O)(=O)c1ccccc1-c1cc2c(cc1-c1ccc(C(F)(F)F)cc1)OCO2. The number of halogens is 3. The highest BCUT2D eigenvalue weighted by Gasteiger charge is 2.30. The minimum atomic E-state index is -4.46. The second-order valence-corrected chi connectivity index (χ2v) is 7.90. The number of fused-ring (bicyclic) bond motifs is 1. The van der Waals surface area contributed by atoms with Gasteiger partial charge in [-0.25, -0.2) is 13.6 Å². The summed E-state index contributed by atoms with van der Waals surface area (Å²) in [7, 11) is -4.04. The van der Waals surface area contributed by atoms with Crippen LogP contribution in [0.15, 0.2) is 65.6 Å². The number of sulfonamides is 1. The zero-order valence-electron chi connectivity index (χ0n) is 14.7. The fourth-order valence-electron chi connectivity index (χ4n) is 3.18. The molecule has 0 saturated heterocycles. The van der Waals surface area contributed by atoms with Crippen molar-refractivity contribution in [1.82, 2.24) is 0 Å². The van der Waals surface area contributed by atoms with Gasteiger partial charge in [0.05, 0.1) is 10.5 Å². The van der Waals surface area contributed by atoms with Gasteiger partial charge in [-0.1, -0.05) is 30.3 Å². The van der Waals surface area contributed by atoms with E-state index in [0.29, 0.717) is 33.8 Å². The molecule has 5 nitrogen and oxygen atoms in total. The quantitative estimate of drug-likeness (QED) is 0.679. The van der Waals surface area contributed by atoms with Crippen molar-refractivity contribution in [2.75, 3.05) is 6.79 Å². The Morgan fingerprint density at radius 2 is 1.41 bits per heavy atom. The van der Waals surface area contributed by atoms with E-state index in [9.17, 15) is 21.6 Å². The third kappa shape index (κ3) is 3.66. The Hall–Kier alpha value is -3.04. The van der Waals surface area contributed by atoms with Gasteiger partial charge in [-0.2, -0.15) is 13.2 Å². The molecule has 0 atom stereocenters. The Kier molecular flexibility index (Phi) is 4.51. The number of ether oxygens (including phenoxy) is 2. The van der Waals surface area contributed by atoms with Gasteiger partial charge in [0.15, 0.2) is 11.5 Å². The number of rotatable bonds is 3. The molecule has 0 aliphatic carbocycles. The predicted molar refractivity (Wildman–Crippen MR) is 99.8 cm³/mol. The van der Waals surface area contributed by atoms with Crippen LogP contribution in [0.1, 0.15) is 5.56 Å². The first-order valence-electron chi connectivity index (χ1n) is 8.38. The normalized spacial score (nSPS) is 13.5. The van der Waals surface area contributed by atoms with Gasteiger partial charge in [-0.3, -0.25) is 0 Å². The molecule has 29 heavy (non-hydrogen) atoms. The van der Waals surface area contributed by atoms with Crippen LogP contribution in [-0.4, -0.2) is 15.2 Å². The molecular weight excluding hydrogens is 407 g/mol. The van der Waals surface area contributed by atoms with Crippen LogP contribution in [0.25, 0.3) is 22.3 Å². The van der Waals surface area contributed by atoms with E-state index in [-0.39, 0.29) is 11.7 Å². The molecule has 2 N–H and O–H groups in total. The lowest BCUT2D eigenvalue weighted by molar-refractivity contribution is -0.137. The van der Waals surface area contributed by atoms with Crippen LogP contribution in [0.3, 0.4) is 0 Å². The van der Waals surface area contributed by atoms with Crippen molar-refractivity contribution < 1.29 is 31.1 Å². The standard InChI is InChI=1S/C20H14F3NO4S/c21-20(22,23)13-7-5-12(6-8-13)15-9-17-18(28-11-27-17)10-16(15)14-3-1-2-4-19(14)29(24,25)26/h1-10H,11H2,(H2,24,25,26). The lowest BCUT2D eigenvalue weighted by Crippen LogP contribution is -2.13. The highest BCUT2D eigenvalue weighted by Crippen LogP contribution is 2.44. The van der Waals surface area contributed by atoms with Crippen LogP contribution in [-0.2, 0) is 16.2 Å². The van der Waals surface area contributed by atoms with E-state index < -0.39 is 21.8 Å². The third-order valence-corrected chi connectivity index (χ3v) is 5.49. The van der Waals surface area contributed by atoms with Gasteiger partial charge in [-0.15, -0.1) is 0 Å². The fourth-order valence-corrected chi connectivity index (χ4v) is 3.93. The summed E-state index contributed by atoms with van der Waals surface area (Å²) in [5.74, 6) is 0.816. The Balaban J connectivity index is 1.95. The minimum Gasteiger partial charge on any atom is -0.454 e. The maximum Gasteiger partial charge on any atom is 0.416 e. The molecule has 1 aliphatic heterocycles. The monoisotopic (exact) mass is 421 g/mol. The van der Waals surface area contributed by atoms with E-state index in [0.717, 1.165) is 12.1 Å². The van der Waals surface area contributed by atoms with Crippen LogP contribution in [0.5, 0.6) is 11.5 Å². The lowest BCUT2D eigenvalue weighted by atomic mass is 9.93. The van der Waals surface area contributed by atoms with Gasteiger partial charge in [0.1, 0.15) is 0 Å². The molecule has 4 rings (SSSR count). The molecule has 3 aromatic carbocycles. The molecule has 0 saturated carbocycles. The summed E-state index contributed by atoms with van der Waals surface area (Å²) in [6, 6.07) is 13.9. The summed E-state index contributed by atoms with van der Waals surface area (Å²) in [4.78, 5) is -0.105. The molecule has 0 radical (unpaired) electrons. The second kappa shape index (κ2) is 6.78. The van der Waals surface area contributed by atoms with Crippen molar-refractivity contribution in [2.45, 2.75) is 11.1 Å². The Morgan fingerprint density at radius 3 is 2.00 bits per heavy atom. The predicted octanol–water partition coefficient (Wildman–Crippen LogP) is 4.42. The third-order valence-electron chi connectivity index (χ3n) is 4.52. The highest BCUT2D eigenvalue weighted by molar-refractivity contribution is 7.89. The molecule has 1 aliphatic rings. The molecule has 150 valence electrons. The fraction of sp³-hybridized carbons (Fsp3) is 0.100. The van der Waals surface area contributed by atoms with Crippen LogP contribution < -0.4 is 14.6 Å². The van der Waals surface area contributed by atoms with Crippen LogP contribution in [0, 0.1) is 0 Å². The van der Waals surface area contributed by atoms with E-state index in [1.807, 2.05) is 0 Å². The van der Waals surface area contributed by atoms with Crippen LogP contribution in [0.4, 0.5) is 13.2 Å². The largest absolute Gasteiger partial charge is 0.454 e. The van der Waals surface area contributed by atoms with Gasteiger partial charge >= 0.3 is 6.18 Å². The van der Waals surface area contributed by atoms with E-state index in [2.05, 4.69) is 0 Å². The first-order valence-corrected chi connectivity index (χ1v) is 9.93. The first kappa shape index (κ1) is 19.3. The summed E-state index contributed by atoms with van der Waals surface area (Å²) in [5.41, 5.74) is 0.907. The van der Waals surface area contributed by atoms with Crippen molar-refractivity contribution in [3.63, 3.8) is 0 Å². The van der Waals surface area contributed by atoms with Crippen LogP contribution in [0.2, 0.25) is 0 Å². The molecule has 0 amide bonds. The Bertz CT molecular complexity index is 1190. The molecular formula is C20H14F3NO4S. The number of hydrogen-bond donors (Lipinski definition) is 1. The van der Waals surface area contributed by atoms with E-state index in [1.54, 1.807) is 24.3 Å². The molecule has 1 heterocycles. The van der Waals surface area contributed by atoms with E-state index in [4.69, 9.17) is 14.6 Å². The summed E-state index contributed by atoms with van der Waals surface area (Å²) < 4.78 is 73.6. The zero-order chi connectivity index (χ0) is 20.8. The number of hydrogen-bond acceptors (Lipinski definition) is 4. The van der Waals surface area contributed by atoms with Crippen LogP contribution >= 0.6 is 0 Å². The summed E-state index contributed by atoms with van der Waals surface area (Å²) >= 11 is 0. The molecule has 9 heteroatoms. The van der Waals surface area contributed by atoms with Crippen molar-refractivity contribution in [2.24, 2.45) is 5.14 Å². The zero-order valence-corrected chi connectivity index (χ0v) is 15.5. The maximum absolute atomic E-state index is 12.9. The average Bonchev–Trinajstić information content (AvgIpc) is 3.13. The van der Waals surface area contributed by atoms with Crippen molar-refractivity contribution >= 4 is 10.0 Å². The number of benzene rings is 3. The molecule has 0 unspecified atom stereocenters. The smallest absolute Gasteiger partial charge is 0.416 e. The maximum atomic E-state index is 12.9. The van der Waals surface area contributed by atoms with E-state index in [1.165, 1.54) is 24.3 Å². The number of alkyl halides is 3. The molecule has 0 bridgehead atoms. The lowest BCUT2D eigenvalue weighted by Gasteiger charge is -2.15. The molecule has 3 aromatic rings. The number of nitrogens with two attached hydrogens (primary N) is 1. The Labute approximate surface area is 164 Å². The first-order chi connectivity index (χ1) is 13.6. The highest BCUT2D eigenvalue weighted by atomic mass is 32.2. The molecule has 0 aromatic heterocycles.